The van der Waals surface area contributed by atoms with Gasteiger partial charge in [0, 0.05) is 6.54 Å². The molecule has 3 aromatic carbocycles. The van der Waals surface area contributed by atoms with Crippen molar-refractivity contribution in [2.24, 2.45) is 0 Å². The van der Waals surface area contributed by atoms with Gasteiger partial charge in [0.25, 0.3) is 0 Å². The van der Waals surface area contributed by atoms with Crippen LogP contribution in [0.15, 0.2) is 72.8 Å². The molecule has 168 valence electrons. The molecule has 0 bridgehead atoms. The first-order valence-corrected chi connectivity index (χ1v) is 12.4. The van der Waals surface area contributed by atoms with Gasteiger partial charge < -0.3 is 5.32 Å². The van der Waals surface area contributed by atoms with E-state index < -0.39 is 10.0 Å². The first kappa shape index (κ1) is 23.7. The Labute approximate surface area is 191 Å². The fourth-order valence-corrected chi connectivity index (χ4v) is 4.43. The number of nitrogens with one attached hydrogen (secondary N) is 1. The lowest BCUT2D eigenvalue weighted by atomic mass is 9.94. The molecule has 0 saturated carbocycles. The van der Waals surface area contributed by atoms with E-state index in [0.717, 1.165) is 39.6 Å². The first-order valence-electron chi connectivity index (χ1n) is 10.6. The van der Waals surface area contributed by atoms with E-state index in [1.165, 1.54) is 4.31 Å². The molecule has 1 atom stereocenters. The monoisotopic (exact) mass is 450 g/mol. The first-order chi connectivity index (χ1) is 15.1. The molecular formula is C26H30N2O3S. The van der Waals surface area contributed by atoms with Gasteiger partial charge in [-0.05, 0) is 43.0 Å². The summed E-state index contributed by atoms with van der Waals surface area (Å²) in [5, 5.41) is 3.06. The van der Waals surface area contributed by atoms with Crippen molar-refractivity contribution in [1.29, 1.82) is 0 Å². The van der Waals surface area contributed by atoms with Crippen molar-refractivity contribution in [3.8, 4) is 0 Å². The summed E-state index contributed by atoms with van der Waals surface area (Å²) in [7, 11) is -3.57. The van der Waals surface area contributed by atoms with Gasteiger partial charge in [0.15, 0.2) is 0 Å². The third-order valence-electron chi connectivity index (χ3n) is 5.44. The number of carbonyl (C=O) groups is 1. The molecule has 0 aromatic heterocycles. The van der Waals surface area contributed by atoms with Crippen molar-refractivity contribution in [3.63, 3.8) is 0 Å². The molecule has 0 saturated heterocycles. The van der Waals surface area contributed by atoms with Gasteiger partial charge in [-0.15, -0.1) is 0 Å². The molecule has 3 aromatic rings. The number of amides is 1. The topological polar surface area (TPSA) is 66.5 Å². The largest absolute Gasteiger partial charge is 0.344 e. The van der Waals surface area contributed by atoms with Crippen molar-refractivity contribution >= 4 is 15.9 Å². The second-order valence-corrected chi connectivity index (χ2v) is 10.3. The third kappa shape index (κ3) is 6.28. The van der Waals surface area contributed by atoms with Crippen LogP contribution in [0.3, 0.4) is 0 Å². The average Bonchev–Trinajstić information content (AvgIpc) is 2.73. The van der Waals surface area contributed by atoms with E-state index in [2.05, 4.69) is 11.4 Å². The Balaban J connectivity index is 1.85. The van der Waals surface area contributed by atoms with Crippen molar-refractivity contribution in [2.45, 2.75) is 33.4 Å². The van der Waals surface area contributed by atoms with Gasteiger partial charge in [-0.1, -0.05) is 83.9 Å². The Bertz CT molecular complexity index is 1170. The highest BCUT2D eigenvalue weighted by molar-refractivity contribution is 7.88. The summed E-state index contributed by atoms with van der Waals surface area (Å²) in [6, 6.07) is 23.1. The summed E-state index contributed by atoms with van der Waals surface area (Å²) < 4.78 is 26.0. The minimum absolute atomic E-state index is 0.145. The number of hydrogen-bond acceptors (Lipinski definition) is 3. The van der Waals surface area contributed by atoms with E-state index in [-0.39, 0.29) is 25.0 Å². The number of carbonyl (C=O) groups excluding carboxylic acids is 1. The Morgan fingerprint density at radius 2 is 1.53 bits per heavy atom. The zero-order valence-electron chi connectivity index (χ0n) is 19.0. The zero-order valence-corrected chi connectivity index (χ0v) is 19.8. The van der Waals surface area contributed by atoms with E-state index >= 15 is 0 Å². The second kappa shape index (κ2) is 10.1. The molecule has 32 heavy (non-hydrogen) atoms. The summed E-state index contributed by atoms with van der Waals surface area (Å²) >= 11 is 0. The predicted octanol–water partition coefficient (Wildman–Crippen LogP) is 4.28. The summed E-state index contributed by atoms with van der Waals surface area (Å²) in [6.45, 7) is 5.92. The molecule has 0 radical (unpaired) electrons. The summed E-state index contributed by atoms with van der Waals surface area (Å²) in [5.41, 5.74) is 6.07. The molecular weight excluding hydrogens is 420 g/mol. The van der Waals surface area contributed by atoms with Gasteiger partial charge in [-0.2, -0.15) is 4.31 Å². The number of rotatable bonds is 8. The van der Waals surface area contributed by atoms with Crippen LogP contribution in [-0.2, 0) is 21.4 Å². The number of nitrogens with zero attached hydrogens (tertiary/aromatic N) is 1. The highest BCUT2D eigenvalue weighted by atomic mass is 32.2. The lowest BCUT2D eigenvalue weighted by molar-refractivity contribution is -0.121. The molecule has 6 heteroatoms. The maximum Gasteiger partial charge on any atom is 0.236 e. The van der Waals surface area contributed by atoms with Gasteiger partial charge in [-0.25, -0.2) is 8.42 Å². The van der Waals surface area contributed by atoms with Crippen LogP contribution in [-0.4, -0.2) is 31.4 Å². The van der Waals surface area contributed by atoms with Crippen LogP contribution in [0, 0.1) is 20.8 Å². The SMILES string of the molecule is Cc1ccc(CN(CC(=O)N[C@@H](c2ccccc2)c2ccc(C)cc2C)S(C)(=O)=O)cc1. The lowest BCUT2D eigenvalue weighted by Crippen LogP contribution is -2.41. The molecule has 0 aliphatic heterocycles. The minimum Gasteiger partial charge on any atom is -0.344 e. The van der Waals surface area contributed by atoms with Gasteiger partial charge in [0.2, 0.25) is 15.9 Å². The minimum atomic E-state index is -3.57. The van der Waals surface area contributed by atoms with E-state index in [1.807, 2.05) is 87.5 Å². The number of hydrogen-bond donors (Lipinski definition) is 1. The third-order valence-corrected chi connectivity index (χ3v) is 6.64. The predicted molar refractivity (Wildman–Crippen MR) is 129 cm³/mol. The van der Waals surface area contributed by atoms with E-state index in [9.17, 15) is 13.2 Å². The van der Waals surface area contributed by atoms with E-state index in [4.69, 9.17) is 0 Å². The molecule has 5 nitrogen and oxygen atoms in total. The zero-order chi connectivity index (χ0) is 23.3. The quantitative estimate of drug-likeness (QED) is 0.557. The average molecular weight is 451 g/mol. The fraction of sp³-hybridized carbons (Fsp3) is 0.269. The van der Waals surface area contributed by atoms with Crippen LogP contribution in [0.5, 0.6) is 0 Å². The molecule has 0 fully saturated rings. The molecule has 1 N–H and O–H groups in total. The van der Waals surface area contributed by atoms with Crippen LogP contribution in [0.4, 0.5) is 0 Å². The lowest BCUT2D eigenvalue weighted by Gasteiger charge is -2.25. The summed E-state index contributed by atoms with van der Waals surface area (Å²) in [5.74, 6) is -0.351. The van der Waals surface area contributed by atoms with Crippen LogP contribution in [0.1, 0.15) is 39.4 Å². The second-order valence-electron chi connectivity index (χ2n) is 8.29. The Morgan fingerprint density at radius 1 is 0.906 bits per heavy atom. The maximum atomic E-state index is 13.1. The summed E-state index contributed by atoms with van der Waals surface area (Å²) in [4.78, 5) is 13.1. The standard InChI is InChI=1S/C26H30N2O3S/c1-19-10-13-22(14-11-19)17-28(32(4,30)31)18-25(29)27-26(23-8-6-5-7-9-23)24-15-12-20(2)16-21(24)3/h5-16,26H,17-18H2,1-4H3,(H,27,29)/t26-/m0/s1. The van der Waals surface area contributed by atoms with Gasteiger partial charge in [0.1, 0.15) is 0 Å². The van der Waals surface area contributed by atoms with Gasteiger partial charge >= 0.3 is 0 Å². The smallest absolute Gasteiger partial charge is 0.236 e. The van der Waals surface area contributed by atoms with Crippen LogP contribution < -0.4 is 5.32 Å². The number of benzene rings is 3. The van der Waals surface area contributed by atoms with Crippen LogP contribution in [0.2, 0.25) is 0 Å². The molecule has 1 amide bonds. The highest BCUT2D eigenvalue weighted by Crippen LogP contribution is 2.26. The van der Waals surface area contributed by atoms with Crippen LogP contribution in [0.25, 0.3) is 0 Å². The van der Waals surface area contributed by atoms with Crippen molar-refractivity contribution in [2.75, 3.05) is 12.8 Å². The summed E-state index contributed by atoms with van der Waals surface area (Å²) in [6.07, 6.45) is 1.13. The molecule has 0 unspecified atom stereocenters. The number of sulfonamides is 1. The van der Waals surface area contributed by atoms with E-state index in [1.54, 1.807) is 0 Å². The molecule has 0 aliphatic carbocycles. The Kier molecular flexibility index (Phi) is 7.48. The molecule has 0 aliphatic rings. The molecule has 0 heterocycles. The van der Waals surface area contributed by atoms with E-state index in [0.29, 0.717) is 0 Å². The van der Waals surface area contributed by atoms with Crippen molar-refractivity contribution in [3.05, 3.63) is 106 Å². The Morgan fingerprint density at radius 3 is 2.12 bits per heavy atom. The van der Waals surface area contributed by atoms with Crippen LogP contribution >= 0.6 is 0 Å². The van der Waals surface area contributed by atoms with Crippen molar-refractivity contribution in [1.82, 2.24) is 9.62 Å². The Hall–Kier alpha value is -2.96. The van der Waals surface area contributed by atoms with Gasteiger partial charge in [0.05, 0.1) is 18.8 Å². The molecule has 3 rings (SSSR count). The maximum absolute atomic E-state index is 13.1. The highest BCUT2D eigenvalue weighted by Gasteiger charge is 2.24. The molecule has 0 spiro atoms. The fourth-order valence-electron chi connectivity index (χ4n) is 3.69. The van der Waals surface area contributed by atoms with Crippen molar-refractivity contribution < 1.29 is 13.2 Å². The van der Waals surface area contributed by atoms with Gasteiger partial charge in [-0.3, -0.25) is 4.79 Å². The normalized spacial score (nSPS) is 12.5. The number of aryl methyl sites for hydroxylation is 3.